The summed E-state index contributed by atoms with van der Waals surface area (Å²) in [6.07, 6.45) is 1.47. The van der Waals surface area contributed by atoms with Gasteiger partial charge >= 0.3 is 0 Å². The number of methoxy groups -OCH3 is 2. The van der Waals surface area contributed by atoms with Crippen LogP contribution in [-0.4, -0.2) is 25.1 Å². The van der Waals surface area contributed by atoms with Gasteiger partial charge in [-0.25, -0.2) is 4.39 Å². The molecule has 0 atom stereocenters. The van der Waals surface area contributed by atoms with Gasteiger partial charge in [-0.3, -0.25) is 9.78 Å². The summed E-state index contributed by atoms with van der Waals surface area (Å²) in [4.78, 5) is 16.0. The van der Waals surface area contributed by atoms with Crippen LogP contribution < -0.4 is 14.8 Å². The average Bonchev–Trinajstić information content (AvgIpc) is 2.53. The second kappa shape index (κ2) is 6.69. The second-order valence-electron chi connectivity index (χ2n) is 4.22. The molecule has 0 bridgehead atoms. The maximum absolute atomic E-state index is 13.4. The first kappa shape index (κ1) is 14.8. The molecular weight excluding hydrogens is 275 g/mol. The lowest BCUT2D eigenvalue weighted by Crippen LogP contribution is -2.24. The largest absolute Gasteiger partial charge is 0.497 e. The zero-order valence-corrected chi connectivity index (χ0v) is 11.7. The van der Waals surface area contributed by atoms with Crippen LogP contribution in [0.2, 0.25) is 0 Å². The summed E-state index contributed by atoms with van der Waals surface area (Å²) in [7, 11) is 3.00. The molecule has 0 spiro atoms. The van der Waals surface area contributed by atoms with Gasteiger partial charge in [0.1, 0.15) is 17.3 Å². The molecule has 0 saturated carbocycles. The molecule has 1 aromatic carbocycles. The van der Waals surface area contributed by atoms with Gasteiger partial charge in [-0.05, 0) is 24.3 Å². The number of nitrogens with zero attached hydrogens (tertiary/aromatic N) is 1. The normalized spacial score (nSPS) is 10.0. The van der Waals surface area contributed by atoms with E-state index in [2.05, 4.69) is 10.3 Å². The second-order valence-corrected chi connectivity index (χ2v) is 4.22. The van der Waals surface area contributed by atoms with Crippen LogP contribution in [0.25, 0.3) is 0 Å². The first-order valence-electron chi connectivity index (χ1n) is 6.24. The van der Waals surface area contributed by atoms with Crippen LogP contribution in [0.15, 0.2) is 36.5 Å². The molecule has 0 saturated heterocycles. The van der Waals surface area contributed by atoms with Crippen LogP contribution >= 0.6 is 0 Å². The number of ether oxygens (including phenoxy) is 2. The minimum Gasteiger partial charge on any atom is -0.497 e. The van der Waals surface area contributed by atoms with E-state index in [0.717, 1.165) is 0 Å². The Morgan fingerprint density at radius 3 is 2.48 bits per heavy atom. The Morgan fingerprint density at radius 1 is 1.24 bits per heavy atom. The summed E-state index contributed by atoms with van der Waals surface area (Å²) in [5.74, 6) is 0.185. The minimum atomic E-state index is -0.457. The smallest absolute Gasteiger partial charge is 0.251 e. The zero-order valence-electron chi connectivity index (χ0n) is 11.7. The molecule has 5 nitrogen and oxygen atoms in total. The quantitative estimate of drug-likeness (QED) is 0.916. The Bertz CT molecular complexity index is 624. The van der Waals surface area contributed by atoms with E-state index >= 15 is 0 Å². The van der Waals surface area contributed by atoms with Gasteiger partial charge in [-0.1, -0.05) is 0 Å². The fraction of sp³-hybridized carbons (Fsp3) is 0.200. The number of hydrogen-bond donors (Lipinski definition) is 1. The third kappa shape index (κ3) is 3.68. The van der Waals surface area contributed by atoms with Crippen LogP contribution in [0.3, 0.4) is 0 Å². The Labute approximate surface area is 121 Å². The summed E-state index contributed by atoms with van der Waals surface area (Å²) in [5.41, 5.74) is 0.545. The minimum absolute atomic E-state index is 0.00499. The van der Waals surface area contributed by atoms with E-state index in [0.29, 0.717) is 17.1 Å². The monoisotopic (exact) mass is 290 g/mol. The molecule has 21 heavy (non-hydrogen) atoms. The van der Waals surface area contributed by atoms with Gasteiger partial charge < -0.3 is 14.8 Å². The lowest BCUT2D eigenvalue weighted by Gasteiger charge is -2.09. The fourth-order valence-electron chi connectivity index (χ4n) is 1.75. The molecule has 0 fully saturated rings. The van der Waals surface area contributed by atoms with Gasteiger partial charge in [-0.15, -0.1) is 0 Å². The number of benzene rings is 1. The van der Waals surface area contributed by atoms with E-state index in [1.807, 2.05) is 0 Å². The standard InChI is InChI=1S/C15H15FN2O3/c1-20-11-6-10(7-12(8-11)21-2)15(19)18-9-14-13(16)4-3-5-17-14/h3-8H,9H2,1-2H3,(H,18,19). The number of halogens is 1. The first-order chi connectivity index (χ1) is 10.1. The van der Waals surface area contributed by atoms with E-state index in [1.165, 1.54) is 32.5 Å². The van der Waals surface area contributed by atoms with Gasteiger partial charge in [0.25, 0.3) is 5.91 Å². The number of rotatable bonds is 5. The topological polar surface area (TPSA) is 60.5 Å². The highest BCUT2D eigenvalue weighted by molar-refractivity contribution is 5.95. The summed E-state index contributed by atoms with van der Waals surface area (Å²) >= 11 is 0. The van der Waals surface area contributed by atoms with Crippen molar-refractivity contribution in [2.45, 2.75) is 6.54 Å². The van der Waals surface area contributed by atoms with E-state index in [-0.39, 0.29) is 18.1 Å². The molecule has 1 N–H and O–H groups in total. The van der Waals surface area contributed by atoms with Gasteiger partial charge in [0.05, 0.1) is 26.5 Å². The maximum atomic E-state index is 13.4. The zero-order chi connectivity index (χ0) is 15.2. The lowest BCUT2D eigenvalue weighted by atomic mass is 10.2. The molecule has 6 heteroatoms. The Hall–Kier alpha value is -2.63. The van der Waals surface area contributed by atoms with Gasteiger partial charge in [0.15, 0.2) is 0 Å². The van der Waals surface area contributed by atoms with Crippen molar-refractivity contribution in [3.63, 3.8) is 0 Å². The van der Waals surface area contributed by atoms with E-state index < -0.39 is 5.82 Å². The summed E-state index contributed by atoms with van der Waals surface area (Å²) in [6.45, 7) is 0.00499. The van der Waals surface area contributed by atoms with Crippen LogP contribution in [0.5, 0.6) is 11.5 Å². The van der Waals surface area contributed by atoms with Crippen LogP contribution in [0, 0.1) is 5.82 Å². The predicted molar refractivity (Wildman–Crippen MR) is 74.9 cm³/mol. The molecule has 110 valence electrons. The summed E-state index contributed by atoms with van der Waals surface area (Å²) < 4.78 is 23.6. The van der Waals surface area contributed by atoms with E-state index in [9.17, 15) is 9.18 Å². The Kier molecular flexibility index (Phi) is 4.71. The molecular formula is C15H15FN2O3. The summed E-state index contributed by atoms with van der Waals surface area (Å²) in [5, 5.41) is 2.61. The molecule has 0 aliphatic rings. The maximum Gasteiger partial charge on any atom is 0.251 e. The highest BCUT2D eigenvalue weighted by Crippen LogP contribution is 2.22. The van der Waals surface area contributed by atoms with Gasteiger partial charge in [0.2, 0.25) is 0 Å². The molecule has 0 unspecified atom stereocenters. The molecule has 2 rings (SSSR count). The van der Waals surface area contributed by atoms with Crippen molar-refractivity contribution in [2.24, 2.45) is 0 Å². The van der Waals surface area contributed by atoms with Gasteiger partial charge in [0, 0.05) is 17.8 Å². The summed E-state index contributed by atoms with van der Waals surface area (Å²) in [6, 6.07) is 7.60. The molecule has 2 aromatic rings. The predicted octanol–water partition coefficient (Wildman–Crippen LogP) is 2.17. The number of pyridine rings is 1. The highest BCUT2D eigenvalue weighted by Gasteiger charge is 2.11. The molecule has 0 aliphatic carbocycles. The van der Waals surface area contributed by atoms with Crippen molar-refractivity contribution in [3.05, 3.63) is 53.6 Å². The van der Waals surface area contributed by atoms with Crippen molar-refractivity contribution in [3.8, 4) is 11.5 Å². The number of carbonyl (C=O) groups is 1. The van der Waals surface area contributed by atoms with Crippen molar-refractivity contribution < 1.29 is 18.7 Å². The fourth-order valence-corrected chi connectivity index (χ4v) is 1.75. The number of amides is 1. The molecule has 1 heterocycles. The number of aromatic nitrogens is 1. The molecule has 1 aromatic heterocycles. The lowest BCUT2D eigenvalue weighted by molar-refractivity contribution is 0.0949. The van der Waals surface area contributed by atoms with E-state index in [1.54, 1.807) is 18.2 Å². The SMILES string of the molecule is COc1cc(OC)cc(C(=O)NCc2ncccc2F)c1. The Morgan fingerprint density at radius 2 is 1.90 bits per heavy atom. The number of hydrogen-bond acceptors (Lipinski definition) is 4. The number of nitrogens with one attached hydrogen (secondary N) is 1. The van der Waals surface area contributed by atoms with Crippen LogP contribution in [-0.2, 0) is 6.54 Å². The van der Waals surface area contributed by atoms with E-state index in [4.69, 9.17) is 9.47 Å². The molecule has 1 amide bonds. The first-order valence-corrected chi connectivity index (χ1v) is 6.24. The highest BCUT2D eigenvalue weighted by atomic mass is 19.1. The van der Waals surface area contributed by atoms with Crippen molar-refractivity contribution >= 4 is 5.91 Å². The van der Waals surface area contributed by atoms with Crippen molar-refractivity contribution in [1.82, 2.24) is 10.3 Å². The molecule has 0 radical (unpaired) electrons. The van der Waals surface area contributed by atoms with Gasteiger partial charge in [-0.2, -0.15) is 0 Å². The Balaban J connectivity index is 2.11. The van der Waals surface area contributed by atoms with Crippen molar-refractivity contribution in [2.75, 3.05) is 14.2 Å². The average molecular weight is 290 g/mol. The third-order valence-electron chi connectivity index (χ3n) is 2.86. The van der Waals surface area contributed by atoms with Crippen LogP contribution in [0.4, 0.5) is 4.39 Å². The van der Waals surface area contributed by atoms with Crippen molar-refractivity contribution in [1.29, 1.82) is 0 Å². The third-order valence-corrected chi connectivity index (χ3v) is 2.86. The van der Waals surface area contributed by atoms with Crippen LogP contribution in [0.1, 0.15) is 16.1 Å². The number of carbonyl (C=O) groups excluding carboxylic acids is 1. The molecule has 0 aliphatic heterocycles.